The molecule has 0 saturated heterocycles. The molecule has 1 amide bonds. The van der Waals surface area contributed by atoms with Crippen LogP contribution in [0.4, 0.5) is 10.1 Å². The predicted octanol–water partition coefficient (Wildman–Crippen LogP) is 3.74. The number of benzene rings is 2. The minimum atomic E-state index is -1.17. The molecule has 4 nitrogen and oxygen atoms in total. The summed E-state index contributed by atoms with van der Waals surface area (Å²) in [5, 5.41) is 11.8. The van der Waals surface area contributed by atoms with Crippen LogP contribution in [-0.4, -0.2) is 17.0 Å². The first kappa shape index (κ1) is 15.0. The van der Waals surface area contributed by atoms with Crippen LogP contribution in [0.5, 0.6) is 0 Å². The van der Waals surface area contributed by atoms with Crippen LogP contribution in [0.25, 0.3) is 0 Å². The Bertz CT molecular complexity index is 731. The monoisotopic (exact) mass is 307 g/mol. The molecule has 0 unspecified atom stereocenters. The molecule has 0 fully saturated rings. The number of rotatable bonds is 3. The first-order chi connectivity index (χ1) is 9.90. The Labute approximate surface area is 125 Å². The van der Waals surface area contributed by atoms with Crippen LogP contribution in [-0.2, 0) is 0 Å². The van der Waals surface area contributed by atoms with Gasteiger partial charge in [0.15, 0.2) is 0 Å². The van der Waals surface area contributed by atoms with Crippen LogP contribution in [0.15, 0.2) is 36.4 Å². The summed E-state index contributed by atoms with van der Waals surface area (Å²) in [6.45, 7) is 1.61. The third kappa shape index (κ3) is 3.20. The fourth-order valence-corrected chi connectivity index (χ4v) is 2.09. The molecule has 0 aliphatic heterocycles. The third-order valence-electron chi connectivity index (χ3n) is 2.91. The van der Waals surface area contributed by atoms with Crippen LogP contribution in [0.2, 0.25) is 5.02 Å². The number of carbonyl (C=O) groups is 2. The van der Waals surface area contributed by atoms with Gasteiger partial charge in [-0.05, 0) is 36.8 Å². The van der Waals surface area contributed by atoms with Crippen molar-refractivity contribution in [2.45, 2.75) is 6.92 Å². The van der Waals surface area contributed by atoms with Crippen LogP contribution < -0.4 is 5.32 Å². The van der Waals surface area contributed by atoms with Crippen molar-refractivity contribution in [3.05, 3.63) is 63.9 Å². The highest BCUT2D eigenvalue weighted by molar-refractivity contribution is 6.31. The van der Waals surface area contributed by atoms with Crippen molar-refractivity contribution >= 4 is 29.2 Å². The van der Waals surface area contributed by atoms with E-state index in [-0.39, 0.29) is 21.8 Å². The normalized spacial score (nSPS) is 10.2. The summed E-state index contributed by atoms with van der Waals surface area (Å²) in [6, 6.07) is 8.23. The third-order valence-corrected chi connectivity index (χ3v) is 3.14. The second-order valence-corrected chi connectivity index (χ2v) is 4.82. The minimum absolute atomic E-state index is 0.0340. The molecule has 2 aromatic rings. The summed E-state index contributed by atoms with van der Waals surface area (Å²) in [5.41, 5.74) is 0.312. The number of carboxylic acid groups (broad SMARTS) is 1. The molecule has 108 valence electrons. The van der Waals surface area contributed by atoms with Gasteiger partial charge in [-0.3, -0.25) is 4.79 Å². The fourth-order valence-electron chi connectivity index (χ4n) is 1.92. The molecule has 0 aliphatic rings. The molecule has 0 spiro atoms. The standard InChI is InChI=1S/C15H11ClFNO3/c1-8-3-2-4-12(13(8)15(20)21)18-14(19)10-7-9(16)5-6-11(10)17/h2-7H,1H3,(H,18,19)(H,20,21). The molecule has 0 aliphatic carbocycles. The predicted molar refractivity (Wildman–Crippen MR) is 77.5 cm³/mol. The SMILES string of the molecule is Cc1cccc(NC(=O)c2cc(Cl)ccc2F)c1C(=O)O. The van der Waals surface area contributed by atoms with Gasteiger partial charge in [0.25, 0.3) is 5.91 Å². The zero-order valence-electron chi connectivity index (χ0n) is 11.0. The van der Waals surface area contributed by atoms with Crippen molar-refractivity contribution in [3.8, 4) is 0 Å². The maximum atomic E-state index is 13.6. The van der Waals surface area contributed by atoms with E-state index in [9.17, 15) is 19.1 Å². The van der Waals surface area contributed by atoms with Crippen LogP contribution in [0.1, 0.15) is 26.3 Å². The number of aromatic carboxylic acids is 1. The molecule has 0 saturated carbocycles. The van der Waals surface area contributed by atoms with Crippen molar-refractivity contribution < 1.29 is 19.1 Å². The molecular formula is C15H11ClFNO3. The van der Waals surface area contributed by atoms with Gasteiger partial charge in [-0.1, -0.05) is 23.7 Å². The zero-order chi connectivity index (χ0) is 15.6. The summed E-state index contributed by atoms with van der Waals surface area (Å²) >= 11 is 5.73. The van der Waals surface area contributed by atoms with Gasteiger partial charge >= 0.3 is 5.97 Å². The number of aryl methyl sites for hydroxylation is 1. The molecule has 0 aromatic heterocycles. The fraction of sp³-hybridized carbons (Fsp3) is 0.0667. The van der Waals surface area contributed by atoms with Crippen LogP contribution >= 0.6 is 11.6 Å². The highest BCUT2D eigenvalue weighted by Crippen LogP contribution is 2.22. The van der Waals surface area contributed by atoms with Gasteiger partial charge in [0.2, 0.25) is 0 Å². The average Bonchev–Trinajstić information content (AvgIpc) is 2.41. The van der Waals surface area contributed by atoms with Crippen molar-refractivity contribution in [3.63, 3.8) is 0 Å². The van der Waals surface area contributed by atoms with E-state index in [2.05, 4.69) is 5.32 Å². The molecule has 0 radical (unpaired) electrons. The van der Waals surface area contributed by atoms with E-state index in [0.29, 0.717) is 5.56 Å². The Balaban J connectivity index is 2.39. The quantitative estimate of drug-likeness (QED) is 0.907. The van der Waals surface area contributed by atoms with Gasteiger partial charge in [-0.15, -0.1) is 0 Å². The second-order valence-electron chi connectivity index (χ2n) is 4.38. The Kier molecular flexibility index (Phi) is 4.23. The molecule has 0 bridgehead atoms. The van der Waals surface area contributed by atoms with Gasteiger partial charge in [0, 0.05) is 5.02 Å². The van der Waals surface area contributed by atoms with Gasteiger partial charge in [-0.25, -0.2) is 9.18 Å². The Morgan fingerprint density at radius 1 is 1.24 bits per heavy atom. The molecule has 21 heavy (non-hydrogen) atoms. The first-order valence-corrected chi connectivity index (χ1v) is 6.37. The zero-order valence-corrected chi connectivity index (χ0v) is 11.7. The number of halogens is 2. The summed E-state index contributed by atoms with van der Waals surface area (Å²) in [4.78, 5) is 23.3. The second kappa shape index (κ2) is 5.93. The van der Waals surface area contributed by atoms with Crippen molar-refractivity contribution in [1.29, 1.82) is 0 Å². The Hall–Kier alpha value is -2.40. The maximum absolute atomic E-state index is 13.6. The van der Waals surface area contributed by atoms with Crippen molar-refractivity contribution in [2.24, 2.45) is 0 Å². The Morgan fingerprint density at radius 2 is 1.95 bits per heavy atom. The number of hydrogen-bond donors (Lipinski definition) is 2. The van der Waals surface area contributed by atoms with Crippen molar-refractivity contribution in [1.82, 2.24) is 0 Å². The summed E-state index contributed by atoms with van der Waals surface area (Å²) in [6.07, 6.45) is 0. The summed E-state index contributed by atoms with van der Waals surface area (Å²) in [7, 11) is 0. The average molecular weight is 308 g/mol. The van der Waals surface area contributed by atoms with E-state index in [4.69, 9.17) is 11.6 Å². The molecule has 0 atom stereocenters. The first-order valence-electron chi connectivity index (χ1n) is 5.99. The van der Waals surface area contributed by atoms with Gasteiger partial charge in [0.1, 0.15) is 5.82 Å². The summed E-state index contributed by atoms with van der Waals surface area (Å²) in [5.74, 6) is -2.67. The lowest BCUT2D eigenvalue weighted by atomic mass is 10.1. The molecular weight excluding hydrogens is 297 g/mol. The number of carbonyl (C=O) groups excluding carboxylic acids is 1. The van der Waals surface area contributed by atoms with Gasteiger partial charge in [-0.2, -0.15) is 0 Å². The Morgan fingerprint density at radius 3 is 2.62 bits per heavy atom. The van der Waals surface area contributed by atoms with E-state index in [1.54, 1.807) is 19.1 Å². The molecule has 2 N–H and O–H groups in total. The number of nitrogens with one attached hydrogen (secondary N) is 1. The minimum Gasteiger partial charge on any atom is -0.478 e. The van der Waals surface area contributed by atoms with E-state index in [1.807, 2.05) is 0 Å². The maximum Gasteiger partial charge on any atom is 0.338 e. The van der Waals surface area contributed by atoms with E-state index in [0.717, 1.165) is 6.07 Å². The van der Waals surface area contributed by atoms with Crippen LogP contribution in [0.3, 0.4) is 0 Å². The van der Waals surface area contributed by atoms with Gasteiger partial charge in [0.05, 0.1) is 16.8 Å². The highest BCUT2D eigenvalue weighted by atomic mass is 35.5. The molecule has 2 rings (SSSR count). The molecule has 2 aromatic carbocycles. The number of anilines is 1. The molecule has 0 heterocycles. The number of amides is 1. The summed E-state index contributed by atoms with van der Waals surface area (Å²) < 4.78 is 13.6. The number of carboxylic acids is 1. The van der Waals surface area contributed by atoms with E-state index >= 15 is 0 Å². The number of hydrogen-bond acceptors (Lipinski definition) is 2. The van der Waals surface area contributed by atoms with E-state index < -0.39 is 17.7 Å². The van der Waals surface area contributed by atoms with Crippen molar-refractivity contribution in [2.75, 3.05) is 5.32 Å². The highest BCUT2D eigenvalue weighted by Gasteiger charge is 2.17. The van der Waals surface area contributed by atoms with Crippen LogP contribution in [0, 0.1) is 12.7 Å². The van der Waals surface area contributed by atoms with E-state index in [1.165, 1.54) is 18.2 Å². The molecule has 6 heteroatoms. The smallest absolute Gasteiger partial charge is 0.338 e. The lowest BCUT2D eigenvalue weighted by molar-refractivity contribution is 0.0697. The largest absolute Gasteiger partial charge is 0.478 e. The lowest BCUT2D eigenvalue weighted by Crippen LogP contribution is -2.16. The lowest BCUT2D eigenvalue weighted by Gasteiger charge is -2.11. The van der Waals surface area contributed by atoms with Gasteiger partial charge < -0.3 is 10.4 Å². The topological polar surface area (TPSA) is 66.4 Å².